The molecule has 2 heterocycles. The van der Waals surface area contributed by atoms with Gasteiger partial charge in [-0.1, -0.05) is 0 Å². The number of nitrogens with one attached hydrogen (secondary N) is 1. The number of aromatic hydroxyl groups is 1. The smallest absolute Gasteiger partial charge is 0.416 e. The summed E-state index contributed by atoms with van der Waals surface area (Å²) in [5, 5.41) is 13.6. The predicted octanol–water partition coefficient (Wildman–Crippen LogP) is 3.73. The number of aliphatic imine (C=N–C) groups is 1. The van der Waals surface area contributed by atoms with E-state index in [4.69, 9.17) is 4.74 Å². The highest BCUT2D eigenvalue weighted by Gasteiger charge is 2.34. The minimum Gasteiger partial charge on any atom is -0.507 e. The zero-order valence-electron chi connectivity index (χ0n) is 16.6. The van der Waals surface area contributed by atoms with E-state index in [1.807, 2.05) is 13.0 Å². The molecule has 2 atom stereocenters. The molecule has 8 heteroatoms. The Balaban J connectivity index is 1.89. The molecule has 0 aliphatic carbocycles. The number of rotatable bonds is 4. The van der Waals surface area contributed by atoms with Crippen molar-refractivity contribution in [2.75, 3.05) is 26.2 Å². The summed E-state index contributed by atoms with van der Waals surface area (Å²) < 4.78 is 44.8. The summed E-state index contributed by atoms with van der Waals surface area (Å²) in [5.74, 6) is -0.468. The first-order valence-electron chi connectivity index (χ1n) is 9.58. The largest absolute Gasteiger partial charge is 0.507 e. The van der Waals surface area contributed by atoms with E-state index in [1.54, 1.807) is 6.08 Å². The number of phenolic OH excluding ortho intramolecular Hbond substituents is 1. The number of hydrogen-bond donors (Lipinski definition) is 2. The average Bonchev–Trinajstić information content (AvgIpc) is 2.68. The third-order valence-electron chi connectivity index (χ3n) is 5.46. The van der Waals surface area contributed by atoms with E-state index in [1.165, 1.54) is 6.92 Å². The van der Waals surface area contributed by atoms with Gasteiger partial charge in [0.1, 0.15) is 5.75 Å². The van der Waals surface area contributed by atoms with Crippen LogP contribution in [0.2, 0.25) is 0 Å². The van der Waals surface area contributed by atoms with Gasteiger partial charge in [-0.05, 0) is 63.4 Å². The molecule has 0 bridgehead atoms. The van der Waals surface area contributed by atoms with E-state index < -0.39 is 17.5 Å². The molecule has 3 rings (SSSR count). The summed E-state index contributed by atoms with van der Waals surface area (Å²) in [4.78, 5) is 6.21. The fourth-order valence-corrected chi connectivity index (χ4v) is 4.01. The number of benzene rings is 1. The quantitative estimate of drug-likeness (QED) is 0.588. The van der Waals surface area contributed by atoms with Crippen molar-refractivity contribution >= 4 is 12.4 Å². The van der Waals surface area contributed by atoms with Crippen LogP contribution < -0.4 is 5.32 Å². The highest BCUT2D eigenvalue weighted by molar-refractivity contribution is 5.76. The fourth-order valence-electron chi connectivity index (χ4n) is 4.01. The van der Waals surface area contributed by atoms with Crippen LogP contribution in [0.3, 0.4) is 0 Å². The van der Waals surface area contributed by atoms with Crippen LogP contribution in [-0.4, -0.2) is 55.1 Å². The second-order valence-corrected chi connectivity index (χ2v) is 7.37. The van der Waals surface area contributed by atoms with Gasteiger partial charge in [-0.25, -0.2) is 0 Å². The van der Waals surface area contributed by atoms with Crippen molar-refractivity contribution in [3.8, 4) is 5.75 Å². The number of alkyl halides is 3. The lowest BCUT2D eigenvalue weighted by molar-refractivity contribution is -0.137. The topological polar surface area (TPSA) is 57.1 Å². The van der Waals surface area contributed by atoms with Gasteiger partial charge in [-0.3, -0.25) is 4.99 Å². The zero-order valence-corrected chi connectivity index (χ0v) is 16.6. The Morgan fingerprint density at radius 1 is 1.38 bits per heavy atom. The van der Waals surface area contributed by atoms with Crippen molar-refractivity contribution in [1.29, 1.82) is 0 Å². The summed E-state index contributed by atoms with van der Waals surface area (Å²) in [5.41, 5.74) is 0.952. The maximum Gasteiger partial charge on any atom is 0.416 e. The molecule has 29 heavy (non-hydrogen) atoms. The third-order valence-corrected chi connectivity index (χ3v) is 5.46. The molecule has 0 saturated carbocycles. The molecule has 2 aliphatic heterocycles. The third kappa shape index (κ3) is 4.64. The predicted molar refractivity (Wildman–Crippen MR) is 107 cm³/mol. The Labute approximate surface area is 168 Å². The summed E-state index contributed by atoms with van der Waals surface area (Å²) >= 11 is 0. The minimum atomic E-state index is -4.52. The molecular formula is C21H26F3N3O2. The van der Waals surface area contributed by atoms with Crippen molar-refractivity contribution in [1.82, 2.24) is 10.2 Å². The van der Waals surface area contributed by atoms with Crippen molar-refractivity contribution in [2.45, 2.75) is 38.6 Å². The summed E-state index contributed by atoms with van der Waals surface area (Å²) in [6.45, 7) is 10.2. The SMILES string of the molecule is C=N/C(=C\C=C(/C)N1CCOC2CCNCC21)c1c(C)cc(C(F)(F)F)cc1O. The Morgan fingerprint density at radius 3 is 2.79 bits per heavy atom. The van der Waals surface area contributed by atoms with E-state index in [-0.39, 0.29) is 23.3 Å². The number of piperidine rings is 1. The molecule has 2 saturated heterocycles. The molecule has 1 aromatic carbocycles. The van der Waals surface area contributed by atoms with Gasteiger partial charge in [0, 0.05) is 24.4 Å². The molecule has 2 N–H and O–H groups in total. The molecule has 2 unspecified atom stereocenters. The van der Waals surface area contributed by atoms with Gasteiger partial charge < -0.3 is 20.1 Å². The first-order valence-corrected chi connectivity index (χ1v) is 9.58. The number of morpholine rings is 1. The number of ether oxygens (including phenoxy) is 1. The van der Waals surface area contributed by atoms with Crippen LogP contribution in [0, 0.1) is 6.92 Å². The van der Waals surface area contributed by atoms with Crippen LogP contribution in [0.15, 0.2) is 35.0 Å². The van der Waals surface area contributed by atoms with Crippen LogP contribution in [0.1, 0.15) is 30.0 Å². The fraction of sp³-hybridized carbons (Fsp3) is 0.476. The second kappa shape index (κ2) is 8.59. The number of hydrogen-bond acceptors (Lipinski definition) is 5. The van der Waals surface area contributed by atoms with Crippen molar-refractivity contribution in [3.05, 3.63) is 46.7 Å². The number of phenols is 1. The van der Waals surface area contributed by atoms with E-state index >= 15 is 0 Å². The molecule has 0 spiro atoms. The van der Waals surface area contributed by atoms with Gasteiger partial charge in [-0.15, -0.1) is 0 Å². The highest BCUT2D eigenvalue weighted by Crippen LogP contribution is 2.37. The Bertz CT molecular complexity index is 808. The van der Waals surface area contributed by atoms with Gasteiger partial charge in [0.2, 0.25) is 0 Å². The van der Waals surface area contributed by atoms with Crippen LogP contribution in [-0.2, 0) is 10.9 Å². The number of allylic oxidation sites excluding steroid dienone is 3. The van der Waals surface area contributed by atoms with Gasteiger partial charge in [-0.2, -0.15) is 13.2 Å². The van der Waals surface area contributed by atoms with Crippen molar-refractivity contribution in [3.63, 3.8) is 0 Å². The number of nitrogens with zero attached hydrogens (tertiary/aromatic N) is 2. The molecule has 2 fully saturated rings. The number of fused-ring (bicyclic) bond motifs is 1. The standard InChI is InChI=1S/C21H26F3N3O2/c1-13-10-15(21(22,23)24)11-18(28)20(13)16(25-3)5-4-14(2)27-8-9-29-19-6-7-26-12-17(19)27/h4-5,10-11,17,19,26,28H,3,6-9,12H2,1-2H3/b14-4+,16-5-. The van der Waals surface area contributed by atoms with Crippen LogP contribution in [0.25, 0.3) is 5.70 Å². The lowest BCUT2D eigenvalue weighted by Crippen LogP contribution is -2.58. The van der Waals surface area contributed by atoms with Crippen LogP contribution in [0.5, 0.6) is 5.75 Å². The minimum absolute atomic E-state index is 0.190. The highest BCUT2D eigenvalue weighted by atomic mass is 19.4. The molecule has 1 aromatic rings. The van der Waals surface area contributed by atoms with Gasteiger partial charge >= 0.3 is 6.18 Å². The maximum absolute atomic E-state index is 13.0. The zero-order chi connectivity index (χ0) is 21.2. The first kappa shape index (κ1) is 21.4. The van der Waals surface area contributed by atoms with Gasteiger partial charge in [0.05, 0.1) is 30.0 Å². The van der Waals surface area contributed by atoms with E-state index in [0.29, 0.717) is 12.3 Å². The van der Waals surface area contributed by atoms with E-state index in [0.717, 1.165) is 43.9 Å². The molecule has 0 aromatic heterocycles. The van der Waals surface area contributed by atoms with Gasteiger partial charge in [0.15, 0.2) is 0 Å². The lowest BCUT2D eigenvalue weighted by Gasteiger charge is -2.45. The van der Waals surface area contributed by atoms with Crippen LogP contribution >= 0.6 is 0 Å². The maximum atomic E-state index is 13.0. The summed E-state index contributed by atoms with van der Waals surface area (Å²) in [6, 6.07) is 1.96. The number of halogens is 3. The molecular weight excluding hydrogens is 383 g/mol. The molecule has 0 radical (unpaired) electrons. The van der Waals surface area contributed by atoms with E-state index in [9.17, 15) is 18.3 Å². The van der Waals surface area contributed by atoms with Crippen molar-refractivity contribution < 1.29 is 23.0 Å². The number of aryl methyl sites for hydroxylation is 1. The monoisotopic (exact) mass is 409 g/mol. The van der Waals surface area contributed by atoms with Crippen molar-refractivity contribution in [2.24, 2.45) is 4.99 Å². The Morgan fingerprint density at radius 2 is 2.14 bits per heavy atom. The lowest BCUT2D eigenvalue weighted by atomic mass is 9.99. The summed E-state index contributed by atoms with van der Waals surface area (Å²) in [7, 11) is 0. The molecule has 158 valence electrons. The van der Waals surface area contributed by atoms with E-state index in [2.05, 4.69) is 21.9 Å². The molecule has 2 aliphatic rings. The second-order valence-electron chi connectivity index (χ2n) is 7.37. The molecule has 0 amide bonds. The summed E-state index contributed by atoms with van der Waals surface area (Å²) in [6.07, 6.45) is 0.164. The average molecular weight is 409 g/mol. The first-order chi connectivity index (χ1) is 13.7. The molecule has 5 nitrogen and oxygen atoms in total. The normalized spacial score (nSPS) is 23.7. The van der Waals surface area contributed by atoms with Gasteiger partial charge in [0.25, 0.3) is 0 Å². The van der Waals surface area contributed by atoms with Crippen LogP contribution in [0.4, 0.5) is 13.2 Å². The Hall–Kier alpha value is -2.32. The Kier molecular flexibility index (Phi) is 6.33.